The number of halogens is 1. The summed E-state index contributed by atoms with van der Waals surface area (Å²) in [5.74, 6) is 0.582. The van der Waals surface area contributed by atoms with Crippen LogP contribution in [0.2, 0.25) is 0 Å². The van der Waals surface area contributed by atoms with Crippen molar-refractivity contribution < 1.29 is 14.6 Å². The zero-order chi connectivity index (χ0) is 19.7. The van der Waals surface area contributed by atoms with Crippen molar-refractivity contribution >= 4 is 18.2 Å². The number of nitrogens with one attached hydrogen (secondary N) is 1. The summed E-state index contributed by atoms with van der Waals surface area (Å²) < 4.78 is 5.76. The van der Waals surface area contributed by atoms with Crippen LogP contribution in [-0.2, 0) is 6.42 Å². The third-order valence-corrected chi connectivity index (χ3v) is 4.80. The van der Waals surface area contributed by atoms with Gasteiger partial charge < -0.3 is 15.2 Å². The average Bonchev–Trinajstić information content (AvgIpc) is 2.70. The molecule has 28 heavy (non-hydrogen) atoms. The Bertz CT molecular complexity index is 719. The van der Waals surface area contributed by atoms with E-state index >= 15 is 0 Å². The van der Waals surface area contributed by atoms with Gasteiger partial charge in [0, 0.05) is 18.5 Å². The molecule has 0 spiro atoms. The van der Waals surface area contributed by atoms with Crippen LogP contribution in [0.5, 0.6) is 5.75 Å². The fourth-order valence-electron chi connectivity index (χ4n) is 2.62. The second-order valence-corrected chi connectivity index (χ2v) is 7.49. The first kappa shape index (κ1) is 24.2. The van der Waals surface area contributed by atoms with Crippen molar-refractivity contribution in [2.24, 2.45) is 0 Å². The minimum Gasteiger partial charge on any atom is -0.490 e. The lowest BCUT2D eigenvalue weighted by molar-refractivity contribution is 0.0927. The van der Waals surface area contributed by atoms with Crippen LogP contribution in [0.25, 0.3) is 0 Å². The number of hydrogen-bond donors (Lipinski definition) is 2. The SMILES string of the molecule is CCC(C)(C)NCC(O)COc1ccccc1C(=O)CCc1ccccc1.Cl. The highest BCUT2D eigenvalue weighted by Crippen LogP contribution is 2.21. The first-order valence-corrected chi connectivity index (χ1v) is 9.63. The number of aliphatic hydroxyl groups is 1. The van der Waals surface area contributed by atoms with Gasteiger partial charge in [-0.15, -0.1) is 12.4 Å². The maximum absolute atomic E-state index is 12.6. The van der Waals surface area contributed by atoms with E-state index in [1.807, 2.05) is 42.5 Å². The Morgan fingerprint density at radius 3 is 2.43 bits per heavy atom. The molecule has 0 saturated carbocycles. The van der Waals surface area contributed by atoms with Crippen LogP contribution in [0.15, 0.2) is 54.6 Å². The summed E-state index contributed by atoms with van der Waals surface area (Å²) >= 11 is 0. The van der Waals surface area contributed by atoms with Gasteiger partial charge >= 0.3 is 0 Å². The van der Waals surface area contributed by atoms with Crippen LogP contribution in [0.1, 0.15) is 49.5 Å². The molecule has 0 saturated heterocycles. The first-order chi connectivity index (χ1) is 12.9. The van der Waals surface area contributed by atoms with Gasteiger partial charge in [0.25, 0.3) is 0 Å². The van der Waals surface area contributed by atoms with Crippen LogP contribution in [0, 0.1) is 0 Å². The van der Waals surface area contributed by atoms with Gasteiger partial charge in [0.2, 0.25) is 0 Å². The third-order valence-electron chi connectivity index (χ3n) is 4.80. The molecule has 2 rings (SSSR count). The van der Waals surface area contributed by atoms with Gasteiger partial charge in [-0.1, -0.05) is 49.4 Å². The molecule has 5 heteroatoms. The van der Waals surface area contributed by atoms with E-state index in [4.69, 9.17) is 4.74 Å². The second-order valence-electron chi connectivity index (χ2n) is 7.49. The number of aliphatic hydroxyl groups excluding tert-OH is 1. The van der Waals surface area contributed by atoms with Crippen molar-refractivity contribution in [2.75, 3.05) is 13.2 Å². The molecule has 0 radical (unpaired) electrons. The number of Topliss-reactive ketones (excluding diaryl/α,β-unsaturated/α-hetero) is 1. The van der Waals surface area contributed by atoms with Gasteiger partial charge in [0.15, 0.2) is 5.78 Å². The summed E-state index contributed by atoms with van der Waals surface area (Å²) in [6, 6.07) is 17.2. The summed E-state index contributed by atoms with van der Waals surface area (Å²) in [5, 5.41) is 13.5. The molecule has 2 aromatic carbocycles. The Kier molecular flexibility index (Phi) is 10.2. The molecular weight excluding hydrogens is 374 g/mol. The Morgan fingerprint density at radius 2 is 1.75 bits per heavy atom. The van der Waals surface area contributed by atoms with Gasteiger partial charge in [0.1, 0.15) is 18.5 Å². The van der Waals surface area contributed by atoms with E-state index in [0.29, 0.717) is 30.7 Å². The van der Waals surface area contributed by atoms with Crippen molar-refractivity contribution in [3.05, 3.63) is 65.7 Å². The number of benzene rings is 2. The van der Waals surface area contributed by atoms with E-state index in [9.17, 15) is 9.90 Å². The quantitative estimate of drug-likeness (QED) is 0.542. The third kappa shape index (κ3) is 8.01. The summed E-state index contributed by atoms with van der Waals surface area (Å²) in [4.78, 5) is 12.6. The van der Waals surface area contributed by atoms with Gasteiger partial charge in [-0.2, -0.15) is 0 Å². The average molecular weight is 406 g/mol. The number of carbonyl (C=O) groups excluding carboxylic acids is 1. The first-order valence-electron chi connectivity index (χ1n) is 9.63. The van der Waals surface area contributed by atoms with Crippen molar-refractivity contribution in [1.29, 1.82) is 0 Å². The predicted octanol–water partition coefficient (Wildman–Crippen LogP) is 4.44. The van der Waals surface area contributed by atoms with Gasteiger partial charge in [-0.3, -0.25) is 4.79 Å². The molecule has 1 atom stereocenters. The minimum absolute atomic E-state index is 0. The van der Waals surface area contributed by atoms with Crippen LogP contribution in [0.3, 0.4) is 0 Å². The predicted molar refractivity (Wildman–Crippen MR) is 117 cm³/mol. The molecule has 154 valence electrons. The van der Waals surface area contributed by atoms with Crippen LogP contribution in [-0.4, -0.2) is 35.7 Å². The summed E-state index contributed by atoms with van der Waals surface area (Å²) in [6.07, 6.45) is 1.47. The van der Waals surface area contributed by atoms with E-state index < -0.39 is 6.10 Å². The van der Waals surface area contributed by atoms with Crippen molar-refractivity contribution in [3.63, 3.8) is 0 Å². The zero-order valence-corrected chi connectivity index (χ0v) is 17.8. The molecule has 2 N–H and O–H groups in total. The largest absolute Gasteiger partial charge is 0.490 e. The fraction of sp³-hybridized carbons (Fsp3) is 0.435. The van der Waals surface area contributed by atoms with E-state index in [1.165, 1.54) is 0 Å². The number of rotatable bonds is 11. The number of ether oxygens (including phenoxy) is 1. The second kappa shape index (κ2) is 11.8. The van der Waals surface area contributed by atoms with Crippen LogP contribution < -0.4 is 10.1 Å². The molecule has 0 aliphatic carbocycles. The normalized spacial score (nSPS) is 12.1. The number of hydrogen-bond acceptors (Lipinski definition) is 4. The molecule has 4 nitrogen and oxygen atoms in total. The monoisotopic (exact) mass is 405 g/mol. The maximum atomic E-state index is 12.6. The van der Waals surface area contributed by atoms with Gasteiger partial charge in [-0.05, 0) is 44.4 Å². The zero-order valence-electron chi connectivity index (χ0n) is 17.0. The standard InChI is InChI=1S/C23H31NO3.ClH/c1-4-23(2,3)24-16-19(25)17-27-22-13-9-8-12-20(22)21(26)15-14-18-10-6-5-7-11-18;/h5-13,19,24-25H,4,14-17H2,1-3H3;1H. The lowest BCUT2D eigenvalue weighted by Crippen LogP contribution is -2.44. The highest BCUT2D eigenvalue weighted by atomic mass is 35.5. The minimum atomic E-state index is -0.636. The summed E-state index contributed by atoms with van der Waals surface area (Å²) in [6.45, 7) is 6.90. The molecule has 0 fully saturated rings. The fourth-order valence-corrected chi connectivity index (χ4v) is 2.62. The molecule has 0 aliphatic heterocycles. The van der Waals surface area contributed by atoms with E-state index in [0.717, 1.165) is 12.0 Å². The highest BCUT2D eigenvalue weighted by molar-refractivity contribution is 5.98. The van der Waals surface area contributed by atoms with E-state index in [-0.39, 0.29) is 30.3 Å². The van der Waals surface area contributed by atoms with E-state index in [2.05, 4.69) is 26.1 Å². The number of carbonyl (C=O) groups is 1. The van der Waals surface area contributed by atoms with Crippen molar-refractivity contribution in [1.82, 2.24) is 5.32 Å². The molecule has 0 aromatic heterocycles. The Morgan fingerprint density at radius 1 is 1.11 bits per heavy atom. The maximum Gasteiger partial charge on any atom is 0.166 e. The lowest BCUT2D eigenvalue weighted by atomic mass is 10.0. The Hall–Kier alpha value is -1.88. The Balaban J connectivity index is 0.00000392. The molecule has 0 heterocycles. The van der Waals surface area contributed by atoms with Crippen molar-refractivity contribution in [3.8, 4) is 5.75 Å². The molecule has 1 unspecified atom stereocenters. The molecule has 0 bridgehead atoms. The number of β-amino-alcohol motifs (C(OH)–C–C–N with tert-alkyl or cyclic N) is 1. The highest BCUT2D eigenvalue weighted by Gasteiger charge is 2.17. The number of para-hydroxylation sites is 1. The topological polar surface area (TPSA) is 58.6 Å². The molecule has 0 aliphatic rings. The van der Waals surface area contributed by atoms with Crippen LogP contribution in [0.4, 0.5) is 0 Å². The van der Waals surface area contributed by atoms with E-state index in [1.54, 1.807) is 12.1 Å². The van der Waals surface area contributed by atoms with Gasteiger partial charge in [0.05, 0.1) is 5.56 Å². The van der Waals surface area contributed by atoms with Crippen LogP contribution >= 0.6 is 12.4 Å². The summed E-state index contributed by atoms with van der Waals surface area (Å²) in [5.41, 5.74) is 1.69. The Labute approximate surface area is 174 Å². The number of aryl methyl sites for hydroxylation is 1. The smallest absolute Gasteiger partial charge is 0.166 e. The lowest BCUT2D eigenvalue weighted by Gasteiger charge is -2.26. The van der Waals surface area contributed by atoms with Gasteiger partial charge in [-0.25, -0.2) is 0 Å². The number of ketones is 1. The van der Waals surface area contributed by atoms with Crippen molar-refractivity contribution in [2.45, 2.75) is 51.7 Å². The molecule has 0 amide bonds. The molecular formula is C23H32ClNO3. The summed E-state index contributed by atoms with van der Waals surface area (Å²) in [7, 11) is 0. The molecule has 2 aromatic rings.